The van der Waals surface area contributed by atoms with E-state index in [-0.39, 0.29) is 16.7 Å². The van der Waals surface area contributed by atoms with Crippen LogP contribution < -0.4 is 0 Å². The van der Waals surface area contributed by atoms with Crippen molar-refractivity contribution in [3.8, 4) is 0 Å². The molecule has 1 heterocycles. The van der Waals surface area contributed by atoms with Crippen LogP contribution in [0.15, 0.2) is 42.7 Å². The monoisotopic (exact) mass is 253 g/mol. The fourth-order valence-corrected chi connectivity index (χ4v) is 1.64. The number of hydrogen-bond donors (Lipinski definition) is 1. The van der Waals surface area contributed by atoms with Gasteiger partial charge in [0, 0.05) is 17.3 Å². The third-order valence-electron chi connectivity index (χ3n) is 2.52. The summed E-state index contributed by atoms with van der Waals surface area (Å²) in [7, 11) is 0. The van der Waals surface area contributed by atoms with Crippen molar-refractivity contribution in [3.05, 3.63) is 65.2 Å². The molecule has 18 heavy (non-hydrogen) atoms. The Morgan fingerprint density at radius 3 is 2.39 bits per heavy atom. The van der Waals surface area contributed by atoms with Gasteiger partial charge in [-0.05, 0) is 17.7 Å². The van der Waals surface area contributed by atoms with Crippen molar-refractivity contribution in [2.75, 3.05) is 0 Å². The van der Waals surface area contributed by atoms with Gasteiger partial charge in [-0.15, -0.1) is 0 Å². The van der Waals surface area contributed by atoms with Crippen molar-refractivity contribution < 1.29 is 18.3 Å². The van der Waals surface area contributed by atoms with E-state index in [1.165, 1.54) is 30.5 Å². The molecule has 1 aromatic carbocycles. The predicted octanol–water partition coefficient (Wildman–Crippen LogP) is 3.24. The van der Waals surface area contributed by atoms with Crippen LogP contribution in [-0.4, -0.2) is 10.1 Å². The highest BCUT2D eigenvalue weighted by molar-refractivity contribution is 5.32. The van der Waals surface area contributed by atoms with Crippen molar-refractivity contribution in [2.24, 2.45) is 0 Å². The topological polar surface area (TPSA) is 33.1 Å². The highest BCUT2D eigenvalue weighted by Gasteiger charge is 2.14. The van der Waals surface area contributed by atoms with Gasteiger partial charge in [0.15, 0.2) is 0 Å². The minimum absolute atomic E-state index is 0.184. The number of hydrogen-bond acceptors (Lipinski definition) is 2. The first-order valence-corrected chi connectivity index (χ1v) is 5.24. The molecular formula is C13H10F3NO. The smallest absolute Gasteiger partial charge is 0.263 e. The van der Waals surface area contributed by atoms with Crippen LogP contribution in [0.1, 0.15) is 29.2 Å². The quantitative estimate of drug-likeness (QED) is 0.910. The van der Waals surface area contributed by atoms with Gasteiger partial charge in [0.05, 0.1) is 6.20 Å². The SMILES string of the molecule is OC(c1cncc(F)c1)c1cccc(C(F)F)c1. The van der Waals surface area contributed by atoms with Crippen LogP contribution in [0.25, 0.3) is 0 Å². The van der Waals surface area contributed by atoms with E-state index in [2.05, 4.69) is 4.98 Å². The lowest BCUT2D eigenvalue weighted by Gasteiger charge is -2.12. The summed E-state index contributed by atoms with van der Waals surface area (Å²) in [4.78, 5) is 3.61. The maximum atomic E-state index is 13.0. The van der Waals surface area contributed by atoms with Crippen molar-refractivity contribution in [2.45, 2.75) is 12.5 Å². The molecule has 0 aliphatic rings. The van der Waals surface area contributed by atoms with Gasteiger partial charge < -0.3 is 5.11 Å². The zero-order chi connectivity index (χ0) is 13.1. The lowest BCUT2D eigenvalue weighted by atomic mass is 10.0. The van der Waals surface area contributed by atoms with Crippen LogP contribution in [0.4, 0.5) is 13.2 Å². The summed E-state index contributed by atoms with van der Waals surface area (Å²) in [5, 5.41) is 9.97. The van der Waals surface area contributed by atoms with Crippen LogP contribution in [0, 0.1) is 5.82 Å². The molecule has 0 aliphatic heterocycles. The van der Waals surface area contributed by atoms with E-state index in [4.69, 9.17) is 0 Å². The summed E-state index contributed by atoms with van der Waals surface area (Å²) < 4.78 is 38.0. The highest BCUT2D eigenvalue weighted by atomic mass is 19.3. The number of pyridine rings is 1. The molecule has 1 N–H and O–H groups in total. The Morgan fingerprint density at radius 1 is 1.00 bits per heavy atom. The first kappa shape index (κ1) is 12.6. The molecule has 2 aromatic rings. The summed E-state index contributed by atoms with van der Waals surface area (Å²) in [6.45, 7) is 0. The molecule has 0 radical (unpaired) electrons. The largest absolute Gasteiger partial charge is 0.384 e. The molecule has 5 heteroatoms. The first-order valence-electron chi connectivity index (χ1n) is 5.24. The number of aliphatic hydroxyl groups is 1. The van der Waals surface area contributed by atoms with Crippen LogP contribution in [-0.2, 0) is 0 Å². The Labute approximate surface area is 102 Å². The molecular weight excluding hydrogens is 243 g/mol. The Morgan fingerprint density at radius 2 is 1.72 bits per heavy atom. The normalized spacial score (nSPS) is 12.7. The third kappa shape index (κ3) is 2.68. The van der Waals surface area contributed by atoms with Gasteiger partial charge in [0.2, 0.25) is 0 Å². The number of aliphatic hydroxyl groups excluding tert-OH is 1. The zero-order valence-electron chi connectivity index (χ0n) is 9.22. The van der Waals surface area contributed by atoms with Crippen molar-refractivity contribution in [3.63, 3.8) is 0 Å². The average molecular weight is 253 g/mol. The first-order chi connectivity index (χ1) is 8.58. The lowest BCUT2D eigenvalue weighted by molar-refractivity contribution is 0.150. The zero-order valence-corrected chi connectivity index (χ0v) is 9.22. The number of rotatable bonds is 3. The van der Waals surface area contributed by atoms with Gasteiger partial charge in [-0.3, -0.25) is 4.98 Å². The minimum atomic E-state index is -2.61. The van der Waals surface area contributed by atoms with Gasteiger partial charge in [-0.25, -0.2) is 13.2 Å². The third-order valence-corrected chi connectivity index (χ3v) is 2.52. The molecule has 0 aliphatic carbocycles. The molecule has 0 spiro atoms. The van der Waals surface area contributed by atoms with E-state index >= 15 is 0 Å². The Hall–Kier alpha value is -1.88. The average Bonchev–Trinajstić information content (AvgIpc) is 2.38. The Bertz CT molecular complexity index is 545. The van der Waals surface area contributed by atoms with Crippen molar-refractivity contribution in [1.29, 1.82) is 0 Å². The van der Waals surface area contributed by atoms with Gasteiger partial charge in [-0.2, -0.15) is 0 Å². The van der Waals surface area contributed by atoms with E-state index in [0.717, 1.165) is 12.3 Å². The number of alkyl halides is 2. The molecule has 0 saturated carbocycles. The fraction of sp³-hybridized carbons (Fsp3) is 0.154. The molecule has 0 fully saturated rings. The molecule has 1 unspecified atom stereocenters. The van der Waals surface area contributed by atoms with Crippen LogP contribution in [0.3, 0.4) is 0 Å². The second-order valence-electron chi connectivity index (χ2n) is 3.81. The van der Waals surface area contributed by atoms with E-state index in [1.54, 1.807) is 0 Å². The second kappa shape index (κ2) is 5.18. The molecule has 1 aromatic heterocycles. The van der Waals surface area contributed by atoms with E-state index in [1.807, 2.05) is 0 Å². The van der Waals surface area contributed by atoms with Crippen LogP contribution in [0.5, 0.6) is 0 Å². The van der Waals surface area contributed by atoms with Gasteiger partial charge >= 0.3 is 0 Å². The standard InChI is InChI=1S/C13H10F3NO/c14-11-5-10(6-17-7-11)12(18)8-2-1-3-9(4-8)13(15)16/h1-7,12-13,18H. The van der Waals surface area contributed by atoms with E-state index < -0.39 is 18.3 Å². The maximum Gasteiger partial charge on any atom is 0.263 e. The number of halogens is 3. The Kier molecular flexibility index (Phi) is 3.62. The molecule has 2 nitrogen and oxygen atoms in total. The maximum absolute atomic E-state index is 13.0. The van der Waals surface area contributed by atoms with Crippen LogP contribution >= 0.6 is 0 Å². The number of nitrogens with zero attached hydrogens (tertiary/aromatic N) is 1. The molecule has 0 saturated heterocycles. The van der Waals surface area contributed by atoms with Crippen LogP contribution in [0.2, 0.25) is 0 Å². The predicted molar refractivity (Wildman–Crippen MR) is 59.7 cm³/mol. The number of benzene rings is 1. The summed E-state index contributed by atoms with van der Waals surface area (Å²) in [5.74, 6) is -0.587. The van der Waals surface area contributed by atoms with Crippen molar-refractivity contribution in [1.82, 2.24) is 4.98 Å². The lowest BCUT2D eigenvalue weighted by Crippen LogP contribution is -2.01. The van der Waals surface area contributed by atoms with Gasteiger partial charge in [-0.1, -0.05) is 18.2 Å². The van der Waals surface area contributed by atoms with Crippen molar-refractivity contribution >= 4 is 0 Å². The van der Waals surface area contributed by atoms with Gasteiger partial charge in [0.1, 0.15) is 11.9 Å². The summed E-state index contributed by atoms with van der Waals surface area (Å²) in [5.41, 5.74) is 0.317. The highest BCUT2D eigenvalue weighted by Crippen LogP contribution is 2.26. The molecule has 1 atom stereocenters. The number of aromatic nitrogens is 1. The summed E-state index contributed by atoms with van der Waals surface area (Å²) in [6, 6.07) is 6.51. The Balaban J connectivity index is 2.33. The molecule has 0 bridgehead atoms. The minimum Gasteiger partial charge on any atom is -0.384 e. The second-order valence-corrected chi connectivity index (χ2v) is 3.81. The fourth-order valence-electron chi connectivity index (χ4n) is 1.64. The summed E-state index contributed by atoms with van der Waals surface area (Å²) in [6.07, 6.45) is -1.48. The molecule has 0 amide bonds. The van der Waals surface area contributed by atoms with E-state index in [0.29, 0.717) is 0 Å². The van der Waals surface area contributed by atoms with Gasteiger partial charge in [0.25, 0.3) is 6.43 Å². The molecule has 94 valence electrons. The molecule has 2 rings (SSSR count). The summed E-state index contributed by atoms with van der Waals surface area (Å²) >= 11 is 0. The van der Waals surface area contributed by atoms with E-state index in [9.17, 15) is 18.3 Å².